The van der Waals surface area contributed by atoms with Crippen LogP contribution in [0.15, 0.2) is 40.8 Å². The van der Waals surface area contributed by atoms with Crippen LogP contribution in [-0.4, -0.2) is 28.0 Å². The fourth-order valence-electron chi connectivity index (χ4n) is 1.19. The van der Waals surface area contributed by atoms with Gasteiger partial charge in [0.25, 0.3) is 0 Å². The predicted molar refractivity (Wildman–Crippen MR) is 66.1 cm³/mol. The molecule has 0 amide bonds. The summed E-state index contributed by atoms with van der Waals surface area (Å²) in [5, 5.41) is 1.21. The standard InChI is InChI=1S/C11H10N4O2S/c1-17-11(16)8-3-2-7(12)10(15-8)18-9-4-5-13-6-14-9/h2-6H,12H2,1H3. The van der Waals surface area contributed by atoms with E-state index in [-0.39, 0.29) is 5.69 Å². The lowest BCUT2D eigenvalue weighted by molar-refractivity contribution is 0.0593. The van der Waals surface area contributed by atoms with Gasteiger partial charge in [0.05, 0.1) is 12.8 Å². The van der Waals surface area contributed by atoms with Crippen LogP contribution in [0.3, 0.4) is 0 Å². The molecule has 92 valence electrons. The van der Waals surface area contributed by atoms with E-state index in [1.54, 1.807) is 18.3 Å². The second-order valence-corrected chi connectivity index (χ2v) is 4.24. The number of methoxy groups -OCH3 is 1. The summed E-state index contributed by atoms with van der Waals surface area (Å²) in [5.74, 6) is -0.500. The van der Waals surface area contributed by atoms with Crippen LogP contribution in [-0.2, 0) is 4.74 Å². The molecule has 0 aromatic carbocycles. The van der Waals surface area contributed by atoms with Crippen LogP contribution in [0, 0.1) is 0 Å². The fraction of sp³-hybridized carbons (Fsp3) is 0.0909. The minimum atomic E-state index is -0.500. The van der Waals surface area contributed by atoms with E-state index in [1.165, 1.54) is 31.3 Å². The van der Waals surface area contributed by atoms with Gasteiger partial charge in [-0.2, -0.15) is 0 Å². The molecule has 0 bridgehead atoms. The van der Waals surface area contributed by atoms with Crippen LogP contribution in [0.2, 0.25) is 0 Å². The SMILES string of the molecule is COC(=O)c1ccc(N)c(Sc2ccncn2)n1. The smallest absolute Gasteiger partial charge is 0.356 e. The minimum Gasteiger partial charge on any atom is -0.464 e. The van der Waals surface area contributed by atoms with Crippen molar-refractivity contribution in [3.63, 3.8) is 0 Å². The molecule has 2 aromatic heterocycles. The average molecular weight is 262 g/mol. The van der Waals surface area contributed by atoms with Crippen LogP contribution in [0.25, 0.3) is 0 Å². The minimum absolute atomic E-state index is 0.211. The van der Waals surface area contributed by atoms with Gasteiger partial charge in [-0.1, -0.05) is 0 Å². The molecule has 18 heavy (non-hydrogen) atoms. The Morgan fingerprint density at radius 2 is 2.22 bits per heavy atom. The second-order valence-electron chi connectivity index (χ2n) is 3.23. The highest BCUT2D eigenvalue weighted by Crippen LogP contribution is 2.28. The number of anilines is 1. The van der Waals surface area contributed by atoms with E-state index in [9.17, 15) is 4.79 Å². The molecule has 0 aliphatic carbocycles. The van der Waals surface area contributed by atoms with E-state index >= 15 is 0 Å². The van der Waals surface area contributed by atoms with Crippen LogP contribution < -0.4 is 5.73 Å². The maximum absolute atomic E-state index is 11.4. The van der Waals surface area contributed by atoms with Gasteiger partial charge < -0.3 is 10.5 Å². The molecule has 0 fully saturated rings. The van der Waals surface area contributed by atoms with Gasteiger partial charge in [-0.15, -0.1) is 0 Å². The molecular weight excluding hydrogens is 252 g/mol. The van der Waals surface area contributed by atoms with Gasteiger partial charge in [0.1, 0.15) is 22.1 Å². The lowest BCUT2D eigenvalue weighted by atomic mass is 10.3. The van der Waals surface area contributed by atoms with Crippen LogP contribution in [0.4, 0.5) is 5.69 Å². The topological polar surface area (TPSA) is 91.0 Å². The summed E-state index contributed by atoms with van der Waals surface area (Å²) in [5.41, 5.74) is 6.49. The highest BCUT2D eigenvalue weighted by atomic mass is 32.2. The van der Waals surface area contributed by atoms with Crippen LogP contribution >= 0.6 is 11.8 Å². The van der Waals surface area contributed by atoms with Crippen LogP contribution in [0.1, 0.15) is 10.5 Å². The van der Waals surface area contributed by atoms with Crippen molar-refractivity contribution in [1.29, 1.82) is 0 Å². The first-order chi connectivity index (χ1) is 8.70. The molecule has 0 radical (unpaired) electrons. The van der Waals surface area contributed by atoms with Crippen molar-refractivity contribution in [3.8, 4) is 0 Å². The van der Waals surface area contributed by atoms with E-state index in [4.69, 9.17) is 5.73 Å². The van der Waals surface area contributed by atoms with Gasteiger partial charge in [0.15, 0.2) is 0 Å². The largest absolute Gasteiger partial charge is 0.464 e. The monoisotopic (exact) mass is 262 g/mol. The molecule has 0 aliphatic heterocycles. The molecular formula is C11H10N4O2S. The number of hydrogen-bond acceptors (Lipinski definition) is 7. The summed E-state index contributed by atoms with van der Waals surface area (Å²) in [6.45, 7) is 0. The van der Waals surface area contributed by atoms with E-state index in [0.717, 1.165) is 0 Å². The van der Waals surface area contributed by atoms with Gasteiger partial charge in [-0.05, 0) is 30.0 Å². The molecule has 0 unspecified atom stereocenters. The molecule has 0 spiro atoms. The summed E-state index contributed by atoms with van der Waals surface area (Å²) < 4.78 is 4.60. The number of carbonyl (C=O) groups excluding carboxylic acids is 1. The Bertz CT molecular complexity index is 562. The van der Waals surface area contributed by atoms with Crippen molar-refractivity contribution in [2.75, 3.05) is 12.8 Å². The number of pyridine rings is 1. The van der Waals surface area contributed by atoms with Gasteiger partial charge in [0.2, 0.25) is 0 Å². The molecule has 0 aliphatic rings. The van der Waals surface area contributed by atoms with Crippen LogP contribution in [0.5, 0.6) is 0 Å². The Hall–Kier alpha value is -2.15. The fourth-order valence-corrected chi connectivity index (χ4v) is 1.95. The Morgan fingerprint density at radius 1 is 1.39 bits per heavy atom. The summed E-state index contributed by atoms with van der Waals surface area (Å²) in [7, 11) is 1.30. The molecule has 2 aromatic rings. The Balaban J connectivity index is 2.30. The maximum atomic E-state index is 11.4. The first-order valence-corrected chi connectivity index (χ1v) is 5.81. The number of aromatic nitrogens is 3. The molecule has 0 saturated heterocycles. The number of hydrogen-bond donors (Lipinski definition) is 1. The molecule has 2 rings (SSSR count). The Morgan fingerprint density at radius 3 is 2.89 bits per heavy atom. The zero-order valence-electron chi connectivity index (χ0n) is 9.53. The molecule has 2 N–H and O–H groups in total. The Labute approximate surface area is 108 Å². The third-order valence-electron chi connectivity index (χ3n) is 2.04. The number of nitrogens with two attached hydrogens (primary N) is 1. The molecule has 6 nitrogen and oxygen atoms in total. The second kappa shape index (κ2) is 5.46. The molecule has 2 heterocycles. The third-order valence-corrected chi connectivity index (χ3v) is 3.01. The molecule has 7 heteroatoms. The van der Waals surface area contributed by atoms with Gasteiger partial charge in [0, 0.05) is 6.20 Å². The number of ether oxygens (including phenoxy) is 1. The van der Waals surface area contributed by atoms with E-state index < -0.39 is 5.97 Å². The van der Waals surface area contributed by atoms with Crippen molar-refractivity contribution in [3.05, 3.63) is 36.4 Å². The zero-order valence-corrected chi connectivity index (χ0v) is 10.3. The van der Waals surface area contributed by atoms with Crippen molar-refractivity contribution in [2.45, 2.75) is 10.1 Å². The van der Waals surface area contributed by atoms with E-state index in [0.29, 0.717) is 15.7 Å². The predicted octanol–water partition coefficient (Wildman–Crippen LogP) is 1.39. The van der Waals surface area contributed by atoms with E-state index in [2.05, 4.69) is 19.7 Å². The van der Waals surface area contributed by atoms with Crippen molar-refractivity contribution < 1.29 is 9.53 Å². The summed E-state index contributed by atoms with van der Waals surface area (Å²) >= 11 is 1.26. The highest BCUT2D eigenvalue weighted by Gasteiger charge is 2.11. The molecule has 0 atom stereocenters. The summed E-state index contributed by atoms with van der Waals surface area (Å²) in [4.78, 5) is 23.4. The van der Waals surface area contributed by atoms with E-state index in [1.807, 2.05) is 0 Å². The first kappa shape index (κ1) is 12.3. The van der Waals surface area contributed by atoms with Gasteiger partial charge >= 0.3 is 5.97 Å². The normalized spacial score (nSPS) is 10.1. The van der Waals surface area contributed by atoms with Crippen molar-refractivity contribution >= 4 is 23.4 Å². The number of nitrogen functional groups attached to an aromatic ring is 1. The van der Waals surface area contributed by atoms with Crippen molar-refractivity contribution in [2.24, 2.45) is 0 Å². The number of nitrogens with zero attached hydrogens (tertiary/aromatic N) is 3. The summed E-state index contributed by atoms with van der Waals surface area (Å²) in [6, 6.07) is 4.87. The number of esters is 1. The zero-order chi connectivity index (χ0) is 13.0. The number of rotatable bonds is 3. The lowest BCUT2D eigenvalue weighted by Gasteiger charge is -2.05. The van der Waals surface area contributed by atoms with Gasteiger partial charge in [-0.25, -0.2) is 19.7 Å². The number of carbonyl (C=O) groups is 1. The third kappa shape index (κ3) is 2.75. The highest BCUT2D eigenvalue weighted by molar-refractivity contribution is 7.99. The average Bonchev–Trinajstić information content (AvgIpc) is 2.41. The lowest BCUT2D eigenvalue weighted by Crippen LogP contribution is -2.06. The molecule has 0 saturated carbocycles. The Kier molecular flexibility index (Phi) is 3.73. The van der Waals surface area contributed by atoms with Crippen molar-refractivity contribution in [1.82, 2.24) is 15.0 Å². The first-order valence-electron chi connectivity index (χ1n) is 4.99. The summed E-state index contributed by atoms with van der Waals surface area (Å²) in [6.07, 6.45) is 3.05. The quantitative estimate of drug-likeness (QED) is 0.660. The maximum Gasteiger partial charge on any atom is 0.356 e. The van der Waals surface area contributed by atoms with Gasteiger partial charge in [-0.3, -0.25) is 0 Å².